The van der Waals surface area contributed by atoms with Crippen molar-refractivity contribution in [1.82, 2.24) is 15.5 Å². The molecule has 2 aliphatic rings. The van der Waals surface area contributed by atoms with Crippen molar-refractivity contribution in [3.8, 4) is 5.75 Å². The summed E-state index contributed by atoms with van der Waals surface area (Å²) in [4.78, 5) is 57.0. The van der Waals surface area contributed by atoms with E-state index in [-0.39, 0.29) is 63.1 Å². The van der Waals surface area contributed by atoms with E-state index in [2.05, 4.69) is 10.6 Å². The van der Waals surface area contributed by atoms with E-state index in [0.29, 0.717) is 32.1 Å². The van der Waals surface area contributed by atoms with E-state index in [4.69, 9.17) is 18.9 Å². The lowest BCUT2D eigenvalue weighted by Crippen LogP contribution is -2.51. The number of carbonyl (C=O) groups is 4. The smallest absolute Gasteiger partial charge is 0.234 e. The Bertz CT molecular complexity index is 1560. The summed E-state index contributed by atoms with van der Waals surface area (Å²) >= 11 is 0. The monoisotopic (exact) mass is 685 g/mol. The summed E-state index contributed by atoms with van der Waals surface area (Å²) < 4.78 is 22.1. The lowest BCUT2D eigenvalue weighted by Gasteiger charge is -2.27. The molecule has 0 aromatic heterocycles. The molecule has 2 fully saturated rings. The molecular weight excluding hydrogens is 638 g/mol. The summed E-state index contributed by atoms with van der Waals surface area (Å²) in [5, 5.41) is 5.85. The number of hydrogen-bond donors (Lipinski definition) is 2. The Morgan fingerprint density at radius 2 is 1.44 bits per heavy atom. The summed E-state index contributed by atoms with van der Waals surface area (Å²) in [5.41, 5.74) is 1.67. The molecule has 50 heavy (non-hydrogen) atoms. The van der Waals surface area contributed by atoms with Gasteiger partial charge in [-0.25, -0.2) is 0 Å². The van der Waals surface area contributed by atoms with Crippen LogP contribution in [0.25, 0.3) is 0 Å². The zero-order chi connectivity index (χ0) is 35.3. The van der Waals surface area contributed by atoms with Crippen LogP contribution in [0.3, 0.4) is 0 Å². The van der Waals surface area contributed by atoms with E-state index < -0.39 is 29.5 Å². The molecule has 2 N–H and O–H groups in total. The second-order valence-electron chi connectivity index (χ2n) is 13.1. The average molecular weight is 686 g/mol. The van der Waals surface area contributed by atoms with Crippen molar-refractivity contribution >= 4 is 23.4 Å². The number of Topliss-reactive ketones (excluding diaryl/α,β-unsaturated/α-hetero) is 2. The Labute approximate surface area is 293 Å². The van der Waals surface area contributed by atoms with Gasteiger partial charge in [0.1, 0.15) is 17.4 Å². The molecule has 3 aromatic rings. The second kappa shape index (κ2) is 18.0. The SMILES string of the molecule is COc1ccc(C[C@H](CC(=O)[C@@H](COCc2ccccc2)NC(=O)CN2CCOCC2)C(=O)N[C@@H](Cc2ccccc2)C(=O)[C@@]2(C)CO2)cc1. The minimum atomic E-state index is -0.987. The van der Waals surface area contributed by atoms with Crippen LogP contribution in [0, 0.1) is 5.92 Å². The van der Waals surface area contributed by atoms with Gasteiger partial charge in [-0.05, 0) is 48.6 Å². The number of methoxy groups -OCH3 is 1. The molecule has 11 heteroatoms. The van der Waals surface area contributed by atoms with Crippen LogP contribution in [-0.4, -0.2) is 99.1 Å². The van der Waals surface area contributed by atoms with Crippen molar-refractivity contribution in [2.24, 2.45) is 5.92 Å². The predicted octanol–water partition coefficient (Wildman–Crippen LogP) is 2.93. The van der Waals surface area contributed by atoms with E-state index in [1.165, 1.54) is 0 Å². The number of amides is 2. The van der Waals surface area contributed by atoms with Gasteiger partial charge in [-0.1, -0.05) is 72.8 Å². The van der Waals surface area contributed by atoms with Crippen LogP contribution >= 0.6 is 0 Å². The van der Waals surface area contributed by atoms with Crippen LogP contribution in [0.4, 0.5) is 0 Å². The van der Waals surface area contributed by atoms with Gasteiger partial charge in [0.15, 0.2) is 11.6 Å². The number of ketones is 2. The van der Waals surface area contributed by atoms with Gasteiger partial charge >= 0.3 is 0 Å². The Hall–Kier alpha value is -4.42. The highest BCUT2D eigenvalue weighted by Crippen LogP contribution is 2.29. The molecule has 5 rings (SSSR count). The van der Waals surface area contributed by atoms with Crippen molar-refractivity contribution < 1.29 is 38.1 Å². The zero-order valence-corrected chi connectivity index (χ0v) is 28.8. The highest BCUT2D eigenvalue weighted by molar-refractivity contribution is 5.98. The molecule has 2 aliphatic heterocycles. The third-order valence-electron chi connectivity index (χ3n) is 9.06. The van der Waals surface area contributed by atoms with Crippen LogP contribution in [0.1, 0.15) is 30.0 Å². The Morgan fingerprint density at radius 3 is 2.06 bits per heavy atom. The van der Waals surface area contributed by atoms with Crippen LogP contribution in [0.15, 0.2) is 84.9 Å². The minimum absolute atomic E-state index is 0.0652. The van der Waals surface area contributed by atoms with Crippen molar-refractivity contribution in [2.45, 2.75) is 50.5 Å². The maximum absolute atomic E-state index is 14.1. The van der Waals surface area contributed by atoms with E-state index >= 15 is 0 Å². The topological polar surface area (TPSA) is 136 Å². The normalized spacial score (nSPS) is 19.1. The first kappa shape index (κ1) is 36.9. The first-order valence-corrected chi connectivity index (χ1v) is 17.1. The fourth-order valence-corrected chi connectivity index (χ4v) is 5.94. The summed E-state index contributed by atoms with van der Waals surface area (Å²) in [5.74, 6) is -1.48. The van der Waals surface area contributed by atoms with Gasteiger partial charge in [-0.3, -0.25) is 24.1 Å². The van der Waals surface area contributed by atoms with E-state index in [1.807, 2.05) is 77.7 Å². The first-order chi connectivity index (χ1) is 24.2. The third kappa shape index (κ3) is 11.0. The largest absolute Gasteiger partial charge is 0.497 e. The number of rotatable bonds is 19. The number of nitrogens with one attached hydrogen (secondary N) is 2. The zero-order valence-electron chi connectivity index (χ0n) is 28.8. The number of carbonyl (C=O) groups excluding carboxylic acids is 4. The summed E-state index contributed by atoms with van der Waals surface area (Å²) in [6, 6.07) is 24.5. The fourth-order valence-electron chi connectivity index (χ4n) is 5.94. The van der Waals surface area contributed by atoms with Gasteiger partial charge in [0.05, 0.1) is 52.7 Å². The number of epoxide rings is 1. The Balaban J connectivity index is 1.34. The molecule has 0 saturated carbocycles. The van der Waals surface area contributed by atoms with E-state index in [0.717, 1.165) is 16.7 Å². The van der Waals surface area contributed by atoms with Crippen LogP contribution in [-0.2, 0) is 52.8 Å². The molecule has 3 aromatic carbocycles. The molecular formula is C39H47N3O8. The lowest BCUT2D eigenvalue weighted by molar-refractivity contribution is -0.135. The standard InChI is InChI=1S/C39H47N3O8/c1-39(27-50-39)37(45)33(22-28-9-5-3-6-10-28)41-38(46)31(21-29-13-15-32(47-2)16-14-29)23-35(43)34(26-49-25-30-11-7-4-8-12-30)40-36(44)24-42-17-19-48-20-18-42/h3-16,31,33-34H,17-27H2,1-2H3,(H,40,44)(H,41,46)/t31-,33+,34-,39-/m1/s1. The molecule has 0 unspecified atom stereocenters. The summed E-state index contributed by atoms with van der Waals surface area (Å²) in [6.07, 6.45) is 0.317. The molecule has 2 heterocycles. The second-order valence-corrected chi connectivity index (χ2v) is 13.1. The quantitative estimate of drug-likeness (QED) is 0.183. The van der Waals surface area contributed by atoms with Crippen LogP contribution in [0.2, 0.25) is 0 Å². The highest BCUT2D eigenvalue weighted by Gasteiger charge is 2.50. The molecule has 2 saturated heterocycles. The molecule has 4 atom stereocenters. The van der Waals surface area contributed by atoms with Gasteiger partial charge in [0.2, 0.25) is 11.8 Å². The van der Waals surface area contributed by atoms with Gasteiger partial charge in [-0.2, -0.15) is 0 Å². The Kier molecular flexibility index (Phi) is 13.3. The van der Waals surface area contributed by atoms with Crippen molar-refractivity contribution in [3.63, 3.8) is 0 Å². The Morgan fingerprint density at radius 1 is 0.820 bits per heavy atom. The average Bonchev–Trinajstić information content (AvgIpc) is 3.90. The van der Waals surface area contributed by atoms with Crippen molar-refractivity contribution in [2.75, 3.05) is 53.2 Å². The fraction of sp³-hybridized carbons (Fsp3) is 0.436. The molecule has 2 amide bonds. The number of hydrogen-bond acceptors (Lipinski definition) is 9. The first-order valence-electron chi connectivity index (χ1n) is 17.1. The highest BCUT2D eigenvalue weighted by atomic mass is 16.6. The number of nitrogens with zero attached hydrogens (tertiary/aromatic N) is 1. The number of morpholine rings is 1. The molecule has 11 nitrogen and oxygen atoms in total. The molecule has 0 aliphatic carbocycles. The minimum Gasteiger partial charge on any atom is -0.497 e. The maximum Gasteiger partial charge on any atom is 0.234 e. The molecule has 0 bridgehead atoms. The molecule has 0 spiro atoms. The van der Waals surface area contributed by atoms with Crippen molar-refractivity contribution in [1.29, 1.82) is 0 Å². The lowest BCUT2D eigenvalue weighted by atomic mass is 9.89. The maximum atomic E-state index is 14.1. The van der Waals surface area contributed by atoms with Gasteiger partial charge in [-0.15, -0.1) is 0 Å². The predicted molar refractivity (Wildman–Crippen MR) is 187 cm³/mol. The van der Waals surface area contributed by atoms with Crippen molar-refractivity contribution in [3.05, 3.63) is 102 Å². The molecule has 266 valence electrons. The summed E-state index contributed by atoms with van der Waals surface area (Å²) in [6.45, 7) is 4.63. The molecule has 0 radical (unpaired) electrons. The van der Waals surface area contributed by atoms with Gasteiger partial charge < -0.3 is 29.6 Å². The number of ether oxygens (including phenoxy) is 4. The number of benzene rings is 3. The third-order valence-corrected chi connectivity index (χ3v) is 9.06. The van der Waals surface area contributed by atoms with E-state index in [9.17, 15) is 19.2 Å². The summed E-state index contributed by atoms with van der Waals surface area (Å²) in [7, 11) is 1.57. The van der Waals surface area contributed by atoms with Gasteiger partial charge in [0, 0.05) is 25.4 Å². The van der Waals surface area contributed by atoms with E-state index in [1.54, 1.807) is 26.2 Å². The van der Waals surface area contributed by atoms with Crippen LogP contribution in [0.5, 0.6) is 5.75 Å². The van der Waals surface area contributed by atoms with Crippen LogP contribution < -0.4 is 15.4 Å². The van der Waals surface area contributed by atoms with Gasteiger partial charge in [0.25, 0.3) is 0 Å².